The van der Waals surface area contributed by atoms with Crippen LogP contribution in [-0.2, 0) is 14.3 Å². The molecule has 11 heavy (non-hydrogen) atoms. The summed E-state index contributed by atoms with van der Waals surface area (Å²) in [4.78, 5) is 21.3. The van der Waals surface area contributed by atoms with Crippen LogP contribution < -0.4 is 0 Å². The van der Waals surface area contributed by atoms with E-state index < -0.39 is 17.9 Å². The summed E-state index contributed by atoms with van der Waals surface area (Å²) in [5.41, 5.74) is 0. The molecule has 0 saturated heterocycles. The zero-order valence-electron chi connectivity index (χ0n) is 6.66. The van der Waals surface area contributed by atoms with Crippen LogP contribution in [0.2, 0.25) is 0 Å². The molecule has 0 spiro atoms. The summed E-state index contributed by atoms with van der Waals surface area (Å²) in [6.45, 7) is 3.36. The first-order valence-corrected chi connectivity index (χ1v) is 3.50. The molecule has 0 bridgehead atoms. The average molecular weight is 160 g/mol. The van der Waals surface area contributed by atoms with Gasteiger partial charge in [-0.25, -0.2) is 4.79 Å². The summed E-state index contributed by atoms with van der Waals surface area (Å²) in [7, 11) is 0. The average Bonchev–Trinajstić information content (AvgIpc) is 2.02. The van der Waals surface area contributed by atoms with E-state index in [0.717, 1.165) is 0 Å². The molecule has 1 unspecified atom stereocenters. The highest BCUT2D eigenvalue weighted by atomic mass is 16.5. The topological polar surface area (TPSA) is 63.6 Å². The van der Waals surface area contributed by atoms with Gasteiger partial charge >= 0.3 is 5.97 Å². The van der Waals surface area contributed by atoms with Crippen molar-refractivity contribution in [1.29, 1.82) is 0 Å². The lowest BCUT2D eigenvalue weighted by atomic mass is 10.2. The fourth-order valence-electron chi connectivity index (χ4n) is 0.546. The Bertz CT molecular complexity index is 153. The summed E-state index contributed by atoms with van der Waals surface area (Å²) in [5.74, 6) is -1.37. The van der Waals surface area contributed by atoms with Crippen molar-refractivity contribution in [3.63, 3.8) is 0 Å². The second kappa shape index (κ2) is 4.85. The lowest BCUT2D eigenvalue weighted by Crippen LogP contribution is -2.31. The Kier molecular flexibility index (Phi) is 4.45. The van der Waals surface area contributed by atoms with Gasteiger partial charge in [-0.05, 0) is 6.92 Å². The number of rotatable bonds is 4. The zero-order valence-corrected chi connectivity index (χ0v) is 6.66. The van der Waals surface area contributed by atoms with Crippen molar-refractivity contribution in [1.82, 2.24) is 0 Å². The van der Waals surface area contributed by atoms with E-state index >= 15 is 0 Å². The molecule has 1 N–H and O–H groups in total. The van der Waals surface area contributed by atoms with Gasteiger partial charge in [0.25, 0.3) is 0 Å². The summed E-state index contributed by atoms with van der Waals surface area (Å²) in [5, 5.41) is 8.89. The van der Waals surface area contributed by atoms with Crippen molar-refractivity contribution in [3.8, 4) is 0 Å². The fourth-order valence-corrected chi connectivity index (χ4v) is 0.546. The van der Waals surface area contributed by atoms with E-state index in [4.69, 9.17) is 5.11 Å². The third-order valence-corrected chi connectivity index (χ3v) is 1.16. The first-order chi connectivity index (χ1) is 5.13. The van der Waals surface area contributed by atoms with Gasteiger partial charge in [-0.2, -0.15) is 0 Å². The third-order valence-electron chi connectivity index (χ3n) is 1.16. The van der Waals surface area contributed by atoms with E-state index in [1.807, 2.05) is 0 Å². The van der Waals surface area contributed by atoms with E-state index in [0.29, 0.717) is 0 Å². The van der Waals surface area contributed by atoms with Gasteiger partial charge in [0.2, 0.25) is 6.10 Å². The number of esters is 1. The van der Waals surface area contributed by atoms with Crippen molar-refractivity contribution in [2.45, 2.75) is 26.4 Å². The Morgan fingerprint density at radius 1 is 1.45 bits per heavy atom. The number of carbonyl (C=O) groups excluding carboxylic acids is 2. The molecule has 0 rings (SSSR count). The summed E-state index contributed by atoms with van der Waals surface area (Å²) >= 11 is 0. The highest BCUT2D eigenvalue weighted by Gasteiger charge is 2.22. The molecule has 0 heterocycles. The van der Waals surface area contributed by atoms with Gasteiger partial charge < -0.3 is 9.84 Å². The highest BCUT2D eigenvalue weighted by molar-refractivity contribution is 6.01. The monoisotopic (exact) mass is 160 g/mol. The first kappa shape index (κ1) is 10.1. The number of hydrogen-bond acceptors (Lipinski definition) is 4. The number of carbonyl (C=O) groups is 2. The molecule has 0 aromatic carbocycles. The molecule has 0 aromatic rings. The largest absolute Gasteiger partial charge is 0.464 e. The van der Waals surface area contributed by atoms with Crippen LogP contribution in [0.5, 0.6) is 0 Å². The zero-order chi connectivity index (χ0) is 8.85. The van der Waals surface area contributed by atoms with E-state index in [9.17, 15) is 9.59 Å². The number of Topliss-reactive ketones (excluding diaryl/α,β-unsaturated/α-hetero) is 1. The smallest absolute Gasteiger partial charge is 0.342 e. The number of hydrogen-bond donors (Lipinski definition) is 1. The molecule has 0 radical (unpaired) electrons. The minimum Gasteiger partial charge on any atom is -0.464 e. The molecule has 0 aliphatic rings. The molecule has 0 aromatic heterocycles. The van der Waals surface area contributed by atoms with Gasteiger partial charge in [0, 0.05) is 6.42 Å². The lowest BCUT2D eigenvalue weighted by molar-refractivity contribution is -0.157. The Labute approximate surface area is 65.2 Å². The molecular weight excluding hydrogens is 148 g/mol. The normalized spacial score (nSPS) is 12.3. The maximum absolute atomic E-state index is 10.7. The molecule has 0 saturated carbocycles. The number of aliphatic hydroxyl groups is 1. The Balaban J connectivity index is 3.91. The Morgan fingerprint density at radius 3 is 2.36 bits per heavy atom. The highest BCUT2D eigenvalue weighted by Crippen LogP contribution is 1.93. The predicted molar refractivity (Wildman–Crippen MR) is 37.9 cm³/mol. The molecule has 1 atom stereocenters. The molecule has 4 nitrogen and oxygen atoms in total. The Hall–Kier alpha value is -0.900. The maximum Gasteiger partial charge on any atom is 0.342 e. The maximum atomic E-state index is 10.7. The molecule has 0 aliphatic heterocycles. The van der Waals surface area contributed by atoms with Crippen molar-refractivity contribution >= 4 is 11.8 Å². The van der Waals surface area contributed by atoms with Crippen molar-refractivity contribution in [2.24, 2.45) is 0 Å². The van der Waals surface area contributed by atoms with Crippen LogP contribution in [0.3, 0.4) is 0 Å². The Morgan fingerprint density at radius 2 is 2.00 bits per heavy atom. The quantitative estimate of drug-likeness (QED) is 0.460. The van der Waals surface area contributed by atoms with Crippen LogP contribution in [0.1, 0.15) is 20.3 Å². The summed E-state index contributed by atoms with van der Waals surface area (Å²) in [6, 6.07) is 0. The first-order valence-electron chi connectivity index (χ1n) is 3.50. The van der Waals surface area contributed by atoms with Crippen LogP contribution in [0.25, 0.3) is 0 Å². The van der Waals surface area contributed by atoms with Gasteiger partial charge in [-0.1, -0.05) is 6.92 Å². The summed E-state index contributed by atoms with van der Waals surface area (Å²) in [6.07, 6.45) is -1.46. The van der Waals surface area contributed by atoms with Crippen LogP contribution in [0.15, 0.2) is 0 Å². The molecule has 64 valence electrons. The van der Waals surface area contributed by atoms with E-state index in [1.165, 1.54) is 0 Å². The molecule has 0 aliphatic carbocycles. The van der Waals surface area contributed by atoms with Crippen LogP contribution >= 0.6 is 0 Å². The molecule has 4 heteroatoms. The van der Waals surface area contributed by atoms with Gasteiger partial charge in [0.1, 0.15) is 0 Å². The van der Waals surface area contributed by atoms with Crippen LogP contribution in [0.4, 0.5) is 0 Å². The number of ether oxygens (including phenoxy) is 1. The predicted octanol–water partition coefficient (Wildman–Crippen LogP) is -0.111. The second-order valence-electron chi connectivity index (χ2n) is 1.97. The minimum absolute atomic E-state index is 0.139. The fraction of sp³-hybridized carbons (Fsp3) is 0.714. The van der Waals surface area contributed by atoms with E-state index in [1.54, 1.807) is 13.8 Å². The number of ketones is 1. The van der Waals surface area contributed by atoms with Crippen LogP contribution in [0, 0.1) is 0 Å². The lowest BCUT2D eigenvalue weighted by Gasteiger charge is -2.05. The summed E-state index contributed by atoms with van der Waals surface area (Å²) < 4.78 is 4.42. The second-order valence-corrected chi connectivity index (χ2v) is 1.97. The van der Waals surface area contributed by atoms with Crippen LogP contribution in [-0.4, -0.2) is 29.6 Å². The van der Waals surface area contributed by atoms with Crippen molar-refractivity contribution in [3.05, 3.63) is 0 Å². The van der Waals surface area contributed by atoms with Gasteiger partial charge in [0.15, 0.2) is 5.78 Å². The van der Waals surface area contributed by atoms with Gasteiger partial charge in [-0.3, -0.25) is 4.79 Å². The van der Waals surface area contributed by atoms with Crippen molar-refractivity contribution in [2.75, 3.05) is 6.61 Å². The number of aliphatic hydroxyl groups excluding tert-OH is 1. The molecule has 0 amide bonds. The minimum atomic E-state index is -1.60. The molecule has 0 fully saturated rings. The third kappa shape index (κ3) is 3.13. The van der Waals surface area contributed by atoms with E-state index in [2.05, 4.69) is 4.74 Å². The van der Waals surface area contributed by atoms with Gasteiger partial charge in [-0.15, -0.1) is 0 Å². The van der Waals surface area contributed by atoms with E-state index in [-0.39, 0.29) is 13.0 Å². The standard InChI is InChI=1S/C7H12O4/c1-3-5(8)6(9)7(10)11-4-2/h6,9H,3-4H2,1-2H3. The SMILES string of the molecule is CCOC(=O)C(O)C(=O)CC. The van der Waals surface area contributed by atoms with Gasteiger partial charge in [0.05, 0.1) is 6.61 Å². The molecular formula is C7H12O4. The van der Waals surface area contributed by atoms with Crippen molar-refractivity contribution < 1.29 is 19.4 Å².